The Morgan fingerprint density at radius 1 is 1.14 bits per heavy atom. The minimum absolute atomic E-state index is 0.0776. The Labute approximate surface area is 249 Å². The molecule has 1 amide bonds. The number of fused-ring (bicyclic) bond motifs is 1. The number of methoxy groups -OCH3 is 1. The predicted molar refractivity (Wildman–Crippen MR) is 162 cm³/mol. The summed E-state index contributed by atoms with van der Waals surface area (Å²) in [5, 5.41) is 15.1. The number of ether oxygens (including phenoxy) is 3. The molecular formula is C33H35FN4O5. The third kappa shape index (κ3) is 7.03. The molecule has 1 fully saturated rings. The van der Waals surface area contributed by atoms with E-state index in [2.05, 4.69) is 21.9 Å². The minimum Gasteiger partial charge on any atom is -0.493 e. The molecule has 1 aromatic heterocycles. The Kier molecular flexibility index (Phi) is 8.77. The van der Waals surface area contributed by atoms with E-state index in [1.807, 2.05) is 6.07 Å². The van der Waals surface area contributed by atoms with Crippen LogP contribution in [0.4, 0.5) is 15.9 Å². The van der Waals surface area contributed by atoms with Gasteiger partial charge in [-0.05, 0) is 61.9 Å². The standard InChI is InChI=1S/C33H35FN4O5/c1-5-31(39)38-13-11-23(12-14-38)43-30-17-25-28(18-29(30)41-4)35-20-36-32(25)37-27-10-9-24(16-26(27)33(2,3)40)42-19-21-7-6-8-22(34)15-21/h5-10,15-18,20,23,40H,1,11-14,19H2,2-4H3,(H,35,36,37). The van der Waals surface area contributed by atoms with E-state index >= 15 is 0 Å². The van der Waals surface area contributed by atoms with Gasteiger partial charge in [-0.25, -0.2) is 14.4 Å². The van der Waals surface area contributed by atoms with E-state index in [0.29, 0.717) is 76.7 Å². The van der Waals surface area contributed by atoms with Gasteiger partial charge in [0, 0.05) is 48.6 Å². The van der Waals surface area contributed by atoms with Crippen LogP contribution in [0.25, 0.3) is 10.9 Å². The Hall–Kier alpha value is -4.70. The lowest BCUT2D eigenvalue weighted by molar-refractivity contribution is -0.127. The SMILES string of the molecule is C=CC(=O)N1CCC(Oc2cc3c(Nc4ccc(OCc5cccc(F)c5)cc4C(C)(C)O)ncnc3cc2OC)CC1. The lowest BCUT2D eigenvalue weighted by Gasteiger charge is -2.31. The maximum Gasteiger partial charge on any atom is 0.245 e. The van der Waals surface area contributed by atoms with Crippen LogP contribution in [0.3, 0.4) is 0 Å². The molecule has 224 valence electrons. The molecule has 0 unspecified atom stereocenters. The monoisotopic (exact) mass is 586 g/mol. The normalized spacial score (nSPS) is 13.9. The van der Waals surface area contributed by atoms with Gasteiger partial charge in [0.05, 0.1) is 18.2 Å². The van der Waals surface area contributed by atoms with Crippen molar-refractivity contribution in [1.29, 1.82) is 0 Å². The first-order valence-electron chi connectivity index (χ1n) is 14.1. The lowest BCUT2D eigenvalue weighted by Crippen LogP contribution is -2.41. The molecule has 0 aliphatic carbocycles. The highest BCUT2D eigenvalue weighted by atomic mass is 19.1. The Bertz CT molecular complexity index is 1630. The maximum absolute atomic E-state index is 13.6. The zero-order valence-electron chi connectivity index (χ0n) is 24.5. The van der Waals surface area contributed by atoms with Crippen LogP contribution < -0.4 is 19.5 Å². The summed E-state index contributed by atoms with van der Waals surface area (Å²) in [7, 11) is 1.58. The second-order valence-corrected chi connectivity index (χ2v) is 10.9. The van der Waals surface area contributed by atoms with Gasteiger partial charge < -0.3 is 29.5 Å². The van der Waals surface area contributed by atoms with Crippen LogP contribution in [-0.2, 0) is 17.0 Å². The maximum atomic E-state index is 13.6. The number of likely N-dealkylation sites (tertiary alicyclic amines) is 1. The first-order chi connectivity index (χ1) is 20.6. The number of carbonyl (C=O) groups is 1. The average molecular weight is 587 g/mol. The molecule has 10 heteroatoms. The van der Waals surface area contributed by atoms with Gasteiger partial charge in [-0.2, -0.15) is 0 Å². The van der Waals surface area contributed by atoms with Gasteiger partial charge in [0.2, 0.25) is 5.91 Å². The lowest BCUT2D eigenvalue weighted by atomic mass is 9.96. The van der Waals surface area contributed by atoms with Crippen LogP contribution in [0, 0.1) is 5.82 Å². The van der Waals surface area contributed by atoms with E-state index in [0.717, 1.165) is 0 Å². The largest absolute Gasteiger partial charge is 0.493 e. The second kappa shape index (κ2) is 12.7. The van der Waals surface area contributed by atoms with Crippen molar-refractivity contribution in [1.82, 2.24) is 14.9 Å². The molecule has 2 heterocycles. The molecule has 0 spiro atoms. The van der Waals surface area contributed by atoms with Gasteiger partial charge in [-0.1, -0.05) is 18.7 Å². The molecule has 0 saturated carbocycles. The number of aromatic nitrogens is 2. The predicted octanol–water partition coefficient (Wildman–Crippen LogP) is 5.88. The van der Waals surface area contributed by atoms with Crippen LogP contribution in [-0.4, -0.2) is 52.2 Å². The van der Waals surface area contributed by atoms with Gasteiger partial charge in [0.15, 0.2) is 11.5 Å². The van der Waals surface area contributed by atoms with Crippen LogP contribution in [0.1, 0.15) is 37.8 Å². The molecule has 3 aromatic carbocycles. The molecule has 1 aliphatic heterocycles. The summed E-state index contributed by atoms with van der Waals surface area (Å²) >= 11 is 0. The highest BCUT2D eigenvalue weighted by Crippen LogP contribution is 2.38. The number of anilines is 2. The van der Waals surface area contributed by atoms with Crippen molar-refractivity contribution < 1.29 is 28.5 Å². The van der Waals surface area contributed by atoms with E-state index < -0.39 is 5.60 Å². The number of aliphatic hydroxyl groups is 1. The summed E-state index contributed by atoms with van der Waals surface area (Å²) < 4.78 is 31.5. The van der Waals surface area contributed by atoms with Crippen molar-refractivity contribution in [3.05, 3.63) is 90.5 Å². The molecule has 0 radical (unpaired) electrons. The number of nitrogens with one attached hydrogen (secondary N) is 1. The Balaban J connectivity index is 1.40. The molecule has 2 N–H and O–H groups in total. The number of benzene rings is 3. The van der Waals surface area contributed by atoms with Gasteiger partial charge in [0.1, 0.15) is 36.4 Å². The van der Waals surface area contributed by atoms with Crippen LogP contribution in [0.15, 0.2) is 73.6 Å². The number of hydrogen-bond acceptors (Lipinski definition) is 8. The van der Waals surface area contributed by atoms with E-state index in [-0.39, 0.29) is 24.4 Å². The first kappa shape index (κ1) is 29.8. The number of halogens is 1. The average Bonchev–Trinajstić information content (AvgIpc) is 3.00. The molecule has 0 bridgehead atoms. The summed E-state index contributed by atoms with van der Waals surface area (Å²) in [6, 6.07) is 15.2. The molecule has 1 saturated heterocycles. The zero-order chi connectivity index (χ0) is 30.6. The van der Waals surface area contributed by atoms with Crippen molar-refractivity contribution in [2.75, 3.05) is 25.5 Å². The Morgan fingerprint density at radius 2 is 1.93 bits per heavy atom. The summed E-state index contributed by atoms with van der Waals surface area (Å²) in [6.07, 6.45) is 4.05. The number of carbonyl (C=O) groups excluding carboxylic acids is 1. The molecule has 5 rings (SSSR count). The summed E-state index contributed by atoms with van der Waals surface area (Å²) in [4.78, 5) is 22.6. The first-order valence-corrected chi connectivity index (χ1v) is 14.1. The fourth-order valence-corrected chi connectivity index (χ4v) is 5.07. The second-order valence-electron chi connectivity index (χ2n) is 10.9. The van der Waals surface area contributed by atoms with Gasteiger partial charge in [-0.3, -0.25) is 4.79 Å². The number of piperidine rings is 1. The van der Waals surface area contributed by atoms with Crippen molar-refractivity contribution in [2.24, 2.45) is 0 Å². The number of amides is 1. The summed E-state index contributed by atoms with van der Waals surface area (Å²) in [5.41, 5.74) is 1.34. The fraction of sp³-hybridized carbons (Fsp3) is 0.303. The minimum atomic E-state index is -1.22. The number of hydrogen-bond donors (Lipinski definition) is 2. The van der Waals surface area contributed by atoms with Crippen molar-refractivity contribution in [2.45, 2.75) is 45.0 Å². The number of nitrogens with zero attached hydrogens (tertiary/aromatic N) is 3. The van der Waals surface area contributed by atoms with Gasteiger partial charge in [-0.15, -0.1) is 0 Å². The van der Waals surface area contributed by atoms with E-state index in [1.54, 1.807) is 62.3 Å². The van der Waals surface area contributed by atoms with Gasteiger partial charge in [0.25, 0.3) is 0 Å². The topological polar surface area (TPSA) is 106 Å². The van der Waals surface area contributed by atoms with Crippen molar-refractivity contribution in [3.8, 4) is 17.2 Å². The molecule has 43 heavy (non-hydrogen) atoms. The highest BCUT2D eigenvalue weighted by Gasteiger charge is 2.25. The van der Waals surface area contributed by atoms with Crippen LogP contribution in [0.2, 0.25) is 0 Å². The van der Waals surface area contributed by atoms with E-state index in [1.165, 1.54) is 24.5 Å². The molecule has 4 aromatic rings. The van der Waals surface area contributed by atoms with Crippen molar-refractivity contribution in [3.63, 3.8) is 0 Å². The smallest absolute Gasteiger partial charge is 0.245 e. The van der Waals surface area contributed by atoms with E-state index in [4.69, 9.17) is 14.2 Å². The molecular weight excluding hydrogens is 551 g/mol. The summed E-state index contributed by atoms with van der Waals surface area (Å²) in [6.45, 7) is 8.30. The van der Waals surface area contributed by atoms with Crippen LogP contribution in [0.5, 0.6) is 17.2 Å². The third-order valence-electron chi connectivity index (χ3n) is 7.34. The third-order valence-corrected chi connectivity index (χ3v) is 7.34. The number of rotatable bonds is 10. The summed E-state index contributed by atoms with van der Waals surface area (Å²) in [5.74, 6) is 1.73. The molecule has 9 nitrogen and oxygen atoms in total. The van der Waals surface area contributed by atoms with Crippen molar-refractivity contribution >= 4 is 28.3 Å². The van der Waals surface area contributed by atoms with E-state index in [9.17, 15) is 14.3 Å². The quantitative estimate of drug-likeness (QED) is 0.222. The molecule has 0 atom stereocenters. The Morgan fingerprint density at radius 3 is 2.63 bits per heavy atom. The molecule has 1 aliphatic rings. The zero-order valence-corrected chi connectivity index (χ0v) is 24.5. The van der Waals surface area contributed by atoms with Crippen LogP contribution >= 0.6 is 0 Å². The van der Waals surface area contributed by atoms with Gasteiger partial charge >= 0.3 is 0 Å². The highest BCUT2D eigenvalue weighted by molar-refractivity contribution is 5.93. The fourth-order valence-electron chi connectivity index (χ4n) is 5.07.